The Bertz CT molecular complexity index is 1170. The van der Waals surface area contributed by atoms with E-state index in [2.05, 4.69) is 20.0 Å². The Labute approximate surface area is 158 Å². The summed E-state index contributed by atoms with van der Waals surface area (Å²) in [6, 6.07) is 5.02. The summed E-state index contributed by atoms with van der Waals surface area (Å²) >= 11 is 0. The molecular formula is C19H17N3O6. The summed E-state index contributed by atoms with van der Waals surface area (Å²) in [4.78, 5) is 51.8. The van der Waals surface area contributed by atoms with E-state index in [-0.39, 0.29) is 30.0 Å². The van der Waals surface area contributed by atoms with Gasteiger partial charge in [-0.15, -0.1) is 0 Å². The van der Waals surface area contributed by atoms with Crippen LogP contribution >= 0.6 is 0 Å². The topological polar surface area (TPSA) is 141 Å². The Kier molecular flexibility index (Phi) is 5.25. The van der Waals surface area contributed by atoms with Crippen molar-refractivity contribution in [3.8, 4) is 0 Å². The van der Waals surface area contributed by atoms with Gasteiger partial charge >= 0.3 is 11.9 Å². The van der Waals surface area contributed by atoms with Crippen molar-refractivity contribution in [2.75, 3.05) is 13.7 Å². The molecule has 3 rings (SSSR count). The molecule has 9 heteroatoms. The highest BCUT2D eigenvalue weighted by Gasteiger charge is 2.16. The first-order valence-electron chi connectivity index (χ1n) is 8.34. The second kappa shape index (κ2) is 7.78. The Morgan fingerprint density at radius 1 is 1.29 bits per heavy atom. The number of pyridine rings is 1. The van der Waals surface area contributed by atoms with Crippen molar-refractivity contribution in [2.24, 2.45) is 0 Å². The number of rotatable bonds is 6. The summed E-state index contributed by atoms with van der Waals surface area (Å²) in [6.45, 7) is 0.154. The van der Waals surface area contributed by atoms with Crippen LogP contribution in [0.1, 0.15) is 22.3 Å². The van der Waals surface area contributed by atoms with Crippen LogP contribution < -0.4 is 10.9 Å². The number of esters is 1. The average molecular weight is 383 g/mol. The van der Waals surface area contributed by atoms with Crippen molar-refractivity contribution >= 4 is 45.7 Å². The van der Waals surface area contributed by atoms with Crippen LogP contribution in [0, 0.1) is 0 Å². The van der Waals surface area contributed by atoms with E-state index in [1.807, 2.05) is 0 Å². The predicted octanol–water partition coefficient (Wildman–Crippen LogP) is 1.40. The van der Waals surface area contributed by atoms with Gasteiger partial charge in [0.15, 0.2) is 0 Å². The Hall–Kier alpha value is -3.88. The zero-order valence-electron chi connectivity index (χ0n) is 14.9. The third kappa shape index (κ3) is 3.78. The summed E-state index contributed by atoms with van der Waals surface area (Å²) in [5.41, 5.74) is 0.878. The molecule has 0 bridgehead atoms. The number of aromatic nitrogens is 2. The molecule has 0 radical (unpaired) electrons. The number of carboxylic acids is 1. The molecule has 0 saturated carbocycles. The zero-order valence-corrected chi connectivity index (χ0v) is 14.9. The number of ether oxygens (including phenoxy) is 1. The monoisotopic (exact) mass is 383 g/mol. The number of aromatic carboxylic acids is 1. The van der Waals surface area contributed by atoms with Gasteiger partial charge in [-0.1, -0.05) is 6.07 Å². The van der Waals surface area contributed by atoms with E-state index in [0.717, 1.165) is 0 Å². The van der Waals surface area contributed by atoms with Crippen LogP contribution in [-0.4, -0.2) is 46.6 Å². The fraction of sp³-hybridized carbons (Fsp3) is 0.158. The number of amides is 1. The van der Waals surface area contributed by atoms with Crippen LogP contribution in [0.2, 0.25) is 0 Å². The van der Waals surface area contributed by atoms with E-state index < -0.39 is 17.5 Å². The van der Waals surface area contributed by atoms with Crippen molar-refractivity contribution in [3.05, 3.63) is 52.0 Å². The molecular weight excluding hydrogens is 366 g/mol. The highest BCUT2D eigenvalue weighted by Crippen LogP contribution is 2.26. The van der Waals surface area contributed by atoms with Crippen molar-refractivity contribution in [3.63, 3.8) is 0 Å². The van der Waals surface area contributed by atoms with Gasteiger partial charge in [0, 0.05) is 35.1 Å². The molecule has 4 N–H and O–H groups in total. The molecule has 0 aliphatic rings. The number of hydrogen-bond acceptors (Lipinski definition) is 5. The summed E-state index contributed by atoms with van der Waals surface area (Å²) in [5.74, 6) is -1.95. The van der Waals surface area contributed by atoms with E-state index in [1.54, 1.807) is 24.3 Å². The van der Waals surface area contributed by atoms with Gasteiger partial charge in [-0.25, -0.2) is 4.79 Å². The summed E-state index contributed by atoms with van der Waals surface area (Å²) < 4.78 is 4.49. The zero-order chi connectivity index (χ0) is 20.3. The van der Waals surface area contributed by atoms with Crippen molar-refractivity contribution in [2.45, 2.75) is 6.42 Å². The third-order valence-electron chi connectivity index (χ3n) is 4.18. The molecule has 28 heavy (non-hydrogen) atoms. The van der Waals surface area contributed by atoms with Gasteiger partial charge in [-0.2, -0.15) is 0 Å². The van der Waals surface area contributed by atoms with Gasteiger partial charge in [0.2, 0.25) is 5.91 Å². The normalized spacial score (nSPS) is 11.2. The third-order valence-corrected chi connectivity index (χ3v) is 4.18. The molecule has 0 spiro atoms. The van der Waals surface area contributed by atoms with Crippen LogP contribution in [0.5, 0.6) is 0 Å². The van der Waals surface area contributed by atoms with Crippen LogP contribution in [0.15, 0.2) is 35.3 Å². The second-order valence-electron chi connectivity index (χ2n) is 5.97. The number of fused-ring (bicyclic) bond motifs is 3. The number of H-pyrrole nitrogens is 2. The summed E-state index contributed by atoms with van der Waals surface area (Å²) in [7, 11) is 1.27. The van der Waals surface area contributed by atoms with E-state index in [0.29, 0.717) is 21.9 Å². The lowest BCUT2D eigenvalue weighted by molar-refractivity contribution is -0.140. The molecule has 2 heterocycles. The maximum atomic E-state index is 12.1. The van der Waals surface area contributed by atoms with Gasteiger partial charge in [-0.3, -0.25) is 14.4 Å². The van der Waals surface area contributed by atoms with Crippen molar-refractivity contribution in [1.29, 1.82) is 0 Å². The van der Waals surface area contributed by atoms with E-state index >= 15 is 0 Å². The average Bonchev–Trinajstić information content (AvgIpc) is 3.13. The number of hydrogen-bond donors (Lipinski definition) is 4. The molecule has 1 aromatic carbocycles. The molecule has 0 fully saturated rings. The van der Waals surface area contributed by atoms with Gasteiger partial charge in [0.1, 0.15) is 5.52 Å². The van der Waals surface area contributed by atoms with E-state index in [9.17, 15) is 24.3 Å². The molecule has 2 aromatic heterocycles. The molecule has 0 aliphatic heterocycles. The highest BCUT2D eigenvalue weighted by atomic mass is 16.5. The largest absolute Gasteiger partial charge is 0.478 e. The van der Waals surface area contributed by atoms with Crippen molar-refractivity contribution in [1.82, 2.24) is 15.3 Å². The molecule has 0 atom stereocenters. The molecule has 0 unspecified atom stereocenters. The highest BCUT2D eigenvalue weighted by molar-refractivity contribution is 6.14. The van der Waals surface area contributed by atoms with E-state index in [4.69, 9.17) is 0 Å². The number of methoxy groups -OCH3 is 1. The minimum atomic E-state index is -1.15. The first kappa shape index (κ1) is 18.9. The summed E-state index contributed by atoms with van der Waals surface area (Å²) in [6.07, 6.45) is 4.20. The molecule has 9 nitrogen and oxygen atoms in total. The number of benzene rings is 1. The minimum absolute atomic E-state index is 0.00668. The quantitative estimate of drug-likeness (QED) is 0.374. The van der Waals surface area contributed by atoms with Crippen molar-refractivity contribution < 1.29 is 24.2 Å². The Balaban J connectivity index is 1.90. The van der Waals surface area contributed by atoms with Crippen LogP contribution in [0.25, 0.3) is 27.9 Å². The smallest absolute Gasteiger partial charge is 0.337 e. The maximum absolute atomic E-state index is 12.1. The van der Waals surface area contributed by atoms with Crippen LogP contribution in [0.4, 0.5) is 0 Å². The lowest BCUT2D eigenvalue weighted by Gasteiger charge is -2.04. The van der Waals surface area contributed by atoms with Crippen LogP contribution in [0.3, 0.4) is 0 Å². The van der Waals surface area contributed by atoms with Gasteiger partial charge in [-0.05, 0) is 23.8 Å². The number of aromatic amines is 2. The number of nitrogens with one attached hydrogen (secondary N) is 3. The second-order valence-corrected chi connectivity index (χ2v) is 5.97. The van der Waals surface area contributed by atoms with Gasteiger partial charge < -0.3 is 25.1 Å². The number of carbonyl (C=O) groups is 3. The predicted molar refractivity (Wildman–Crippen MR) is 102 cm³/mol. The number of carbonyl (C=O) groups excluding carboxylic acids is 2. The minimum Gasteiger partial charge on any atom is -0.478 e. The fourth-order valence-electron chi connectivity index (χ4n) is 2.84. The van der Waals surface area contributed by atoms with E-state index in [1.165, 1.54) is 19.4 Å². The lowest BCUT2D eigenvalue weighted by Crippen LogP contribution is -2.24. The number of carboxylic acid groups (broad SMARTS) is 1. The van der Waals surface area contributed by atoms with Gasteiger partial charge in [0.05, 0.1) is 19.1 Å². The Morgan fingerprint density at radius 3 is 2.79 bits per heavy atom. The lowest BCUT2D eigenvalue weighted by atomic mass is 10.0. The Morgan fingerprint density at radius 2 is 2.07 bits per heavy atom. The first-order valence-corrected chi connectivity index (χ1v) is 8.34. The maximum Gasteiger partial charge on any atom is 0.337 e. The standard InChI is InChI=1S/C19H17N3O6/c1-28-15(24)6-7-20-14(23)5-3-10-2-4-13-11(8-10)16-12(19(26)27)9-21-17(16)18(25)22-13/h2-5,8-9,21H,6-7H2,1H3,(H,20,23)(H,22,25)(H,26,27). The van der Waals surface area contributed by atoms with Crippen LogP contribution in [-0.2, 0) is 14.3 Å². The van der Waals surface area contributed by atoms with Gasteiger partial charge in [0.25, 0.3) is 5.56 Å². The molecule has 1 amide bonds. The SMILES string of the molecule is COC(=O)CCNC(=O)C=Cc1ccc2[nH]c(=O)c3[nH]cc(C(=O)O)c3c2c1. The summed E-state index contributed by atoms with van der Waals surface area (Å²) in [5, 5.41) is 12.8. The molecule has 3 aromatic rings. The first-order chi connectivity index (χ1) is 13.4. The fourth-order valence-corrected chi connectivity index (χ4v) is 2.84. The molecule has 0 aliphatic carbocycles. The molecule has 0 saturated heterocycles. The molecule has 144 valence electrons.